The molecule has 0 saturated heterocycles. The second kappa shape index (κ2) is 8.94. The van der Waals surface area contributed by atoms with Gasteiger partial charge in [0.25, 0.3) is 0 Å². The van der Waals surface area contributed by atoms with Crippen molar-refractivity contribution in [2.45, 2.75) is 26.3 Å². The number of rotatable bonds is 5. The maximum Gasteiger partial charge on any atom is 0.0491 e. The van der Waals surface area contributed by atoms with Gasteiger partial charge < -0.3 is 4.57 Å². The molecule has 1 heterocycles. The molecule has 178 valence electrons. The molecule has 7 rings (SSSR count). The van der Waals surface area contributed by atoms with Gasteiger partial charge in [0.05, 0.1) is 0 Å². The summed E-state index contributed by atoms with van der Waals surface area (Å²) < 4.78 is 2.52. The molecule has 1 nitrogen and oxygen atoms in total. The lowest BCUT2D eigenvalue weighted by molar-refractivity contribution is 0.665. The molecule has 0 fully saturated rings. The highest BCUT2D eigenvalue weighted by Gasteiger charge is 2.13. The monoisotopic (exact) mass is 475 g/mol. The molecule has 0 N–H and O–H groups in total. The van der Waals surface area contributed by atoms with E-state index in [1.54, 1.807) is 0 Å². The molecule has 0 aliphatic heterocycles. The van der Waals surface area contributed by atoms with Gasteiger partial charge in [0.1, 0.15) is 0 Å². The van der Waals surface area contributed by atoms with Gasteiger partial charge >= 0.3 is 0 Å². The molecule has 0 radical (unpaired) electrons. The Morgan fingerprint density at radius 2 is 0.892 bits per heavy atom. The van der Waals surface area contributed by atoms with E-state index >= 15 is 0 Å². The lowest BCUT2D eigenvalue weighted by Crippen LogP contribution is -1.97. The number of hydrogen-bond acceptors (Lipinski definition) is 0. The average Bonchev–Trinajstić information content (AvgIpc) is 3.27. The Balaban J connectivity index is 1.42. The lowest BCUT2D eigenvalue weighted by atomic mass is 9.98. The van der Waals surface area contributed by atoms with Crippen LogP contribution >= 0.6 is 0 Å². The molecule has 7 aromatic rings. The zero-order valence-corrected chi connectivity index (χ0v) is 21.1. The van der Waals surface area contributed by atoms with Gasteiger partial charge in [-0.15, -0.1) is 0 Å². The number of aromatic nitrogens is 1. The van der Waals surface area contributed by atoms with Crippen LogP contribution < -0.4 is 0 Å². The Morgan fingerprint density at radius 3 is 1.38 bits per heavy atom. The summed E-state index contributed by atoms with van der Waals surface area (Å²) in [6.07, 6.45) is 2.36. The quantitative estimate of drug-likeness (QED) is 0.233. The van der Waals surface area contributed by atoms with E-state index in [2.05, 4.69) is 133 Å². The first kappa shape index (κ1) is 21.9. The summed E-state index contributed by atoms with van der Waals surface area (Å²) in [7, 11) is 0. The molecule has 1 aromatic heterocycles. The minimum atomic E-state index is 1.04. The van der Waals surface area contributed by atoms with Crippen LogP contribution in [0.5, 0.6) is 0 Å². The van der Waals surface area contributed by atoms with E-state index in [1.165, 1.54) is 78.4 Å². The summed E-state index contributed by atoms with van der Waals surface area (Å²) in [6, 6.07) is 44.8. The first-order valence-corrected chi connectivity index (χ1v) is 13.3. The topological polar surface area (TPSA) is 4.93 Å². The number of nitrogens with zero attached hydrogens (tertiary/aromatic N) is 1. The molecular formula is C36H29N. The summed E-state index contributed by atoms with van der Waals surface area (Å²) in [4.78, 5) is 0. The smallest absolute Gasteiger partial charge is 0.0491 e. The first-order chi connectivity index (χ1) is 18.3. The van der Waals surface area contributed by atoms with Crippen molar-refractivity contribution in [3.8, 4) is 22.3 Å². The number of unbranched alkanes of at least 4 members (excludes halogenated alkanes) is 1. The highest BCUT2D eigenvalue weighted by Crippen LogP contribution is 2.36. The van der Waals surface area contributed by atoms with E-state index in [9.17, 15) is 0 Å². The summed E-state index contributed by atoms with van der Waals surface area (Å²) >= 11 is 0. The highest BCUT2D eigenvalue weighted by molar-refractivity contribution is 6.11. The second-order valence-corrected chi connectivity index (χ2v) is 10.1. The maximum atomic E-state index is 2.52. The van der Waals surface area contributed by atoms with E-state index in [1.807, 2.05) is 0 Å². The number of benzene rings is 6. The molecule has 0 spiro atoms. The van der Waals surface area contributed by atoms with Crippen LogP contribution in [0.4, 0.5) is 0 Å². The number of fused-ring (bicyclic) bond motifs is 5. The molecule has 0 aliphatic rings. The number of aryl methyl sites for hydroxylation is 1. The molecule has 0 saturated carbocycles. The summed E-state index contributed by atoms with van der Waals surface area (Å²) in [5.41, 5.74) is 7.71. The van der Waals surface area contributed by atoms with E-state index in [0.29, 0.717) is 0 Å². The van der Waals surface area contributed by atoms with Crippen LogP contribution in [0.25, 0.3) is 65.6 Å². The van der Waals surface area contributed by atoms with Gasteiger partial charge in [0.15, 0.2) is 0 Å². The molecule has 0 aliphatic carbocycles. The van der Waals surface area contributed by atoms with Crippen LogP contribution in [-0.2, 0) is 6.54 Å². The minimum absolute atomic E-state index is 1.04. The van der Waals surface area contributed by atoms with Crippen molar-refractivity contribution in [3.63, 3.8) is 0 Å². The van der Waals surface area contributed by atoms with Crippen molar-refractivity contribution in [2.75, 3.05) is 0 Å². The van der Waals surface area contributed by atoms with Crippen molar-refractivity contribution < 1.29 is 0 Å². The minimum Gasteiger partial charge on any atom is -0.340 e. The Hall–Kier alpha value is -4.36. The van der Waals surface area contributed by atoms with E-state index in [-0.39, 0.29) is 0 Å². The Bertz CT molecular complexity index is 1780. The predicted octanol–water partition coefficient (Wildman–Crippen LogP) is 10.2. The van der Waals surface area contributed by atoms with Gasteiger partial charge in [0.2, 0.25) is 0 Å². The molecule has 1 heteroatoms. The molecule has 6 aromatic carbocycles. The number of hydrogen-bond donors (Lipinski definition) is 0. The van der Waals surface area contributed by atoms with Crippen LogP contribution in [0.3, 0.4) is 0 Å². The van der Waals surface area contributed by atoms with E-state index in [4.69, 9.17) is 0 Å². The van der Waals surface area contributed by atoms with Crippen molar-refractivity contribution in [2.24, 2.45) is 0 Å². The highest BCUT2D eigenvalue weighted by atomic mass is 15.0. The molecule has 0 unspecified atom stereocenters. The van der Waals surface area contributed by atoms with Crippen LogP contribution in [0.2, 0.25) is 0 Å². The standard InChI is InChI=1S/C36H29N/c1-2-3-20-37-35-18-16-31(29-14-12-25-8-4-6-10-27(25)21-29)23-33(35)34-24-32(17-19-36(34)37)30-15-13-26-9-5-7-11-28(26)22-30/h4-19,21-24H,2-3,20H2,1H3. The van der Waals surface area contributed by atoms with Crippen LogP contribution in [-0.4, -0.2) is 4.57 Å². The van der Waals surface area contributed by atoms with Gasteiger partial charge in [-0.1, -0.05) is 98.3 Å². The van der Waals surface area contributed by atoms with Crippen molar-refractivity contribution in [1.82, 2.24) is 4.57 Å². The first-order valence-electron chi connectivity index (χ1n) is 13.3. The van der Waals surface area contributed by atoms with Gasteiger partial charge in [-0.25, -0.2) is 0 Å². The summed E-state index contributed by atoms with van der Waals surface area (Å²) in [5.74, 6) is 0. The average molecular weight is 476 g/mol. The van der Waals surface area contributed by atoms with Gasteiger partial charge in [-0.2, -0.15) is 0 Å². The fourth-order valence-corrected chi connectivity index (χ4v) is 5.76. The van der Waals surface area contributed by atoms with Gasteiger partial charge in [0, 0.05) is 28.4 Å². The molecule has 0 amide bonds. The van der Waals surface area contributed by atoms with E-state index < -0.39 is 0 Å². The van der Waals surface area contributed by atoms with Crippen LogP contribution in [0.15, 0.2) is 121 Å². The fraction of sp³-hybridized carbons (Fsp3) is 0.111. The van der Waals surface area contributed by atoms with E-state index in [0.717, 1.165) is 6.54 Å². The zero-order valence-electron chi connectivity index (χ0n) is 21.1. The predicted molar refractivity (Wildman–Crippen MR) is 160 cm³/mol. The van der Waals surface area contributed by atoms with Gasteiger partial charge in [-0.05, 0) is 86.6 Å². The summed E-state index contributed by atoms with van der Waals surface area (Å²) in [6.45, 7) is 3.31. The van der Waals surface area contributed by atoms with Crippen molar-refractivity contribution in [1.29, 1.82) is 0 Å². The molecule has 0 atom stereocenters. The van der Waals surface area contributed by atoms with Crippen LogP contribution in [0, 0.1) is 0 Å². The second-order valence-electron chi connectivity index (χ2n) is 10.1. The fourth-order valence-electron chi connectivity index (χ4n) is 5.76. The molecule has 37 heavy (non-hydrogen) atoms. The van der Waals surface area contributed by atoms with Crippen molar-refractivity contribution >= 4 is 43.4 Å². The summed E-state index contributed by atoms with van der Waals surface area (Å²) in [5, 5.41) is 7.79. The third-order valence-electron chi connectivity index (χ3n) is 7.77. The Kier molecular flexibility index (Phi) is 5.29. The normalized spacial score (nSPS) is 11.7. The Labute approximate surface area is 217 Å². The molecule has 0 bridgehead atoms. The SMILES string of the molecule is CCCCn1c2ccc(-c3ccc4ccccc4c3)cc2c2cc(-c3ccc4ccccc4c3)ccc21. The van der Waals surface area contributed by atoms with Crippen molar-refractivity contribution in [3.05, 3.63) is 121 Å². The third-order valence-corrected chi connectivity index (χ3v) is 7.77. The lowest BCUT2D eigenvalue weighted by Gasteiger charge is -2.08. The van der Waals surface area contributed by atoms with Crippen LogP contribution in [0.1, 0.15) is 19.8 Å². The zero-order chi connectivity index (χ0) is 24.8. The van der Waals surface area contributed by atoms with Gasteiger partial charge in [-0.3, -0.25) is 0 Å². The Morgan fingerprint density at radius 1 is 0.459 bits per heavy atom. The molecular weight excluding hydrogens is 446 g/mol. The third kappa shape index (κ3) is 3.79. The largest absolute Gasteiger partial charge is 0.340 e. The maximum absolute atomic E-state index is 2.52.